The number of nitrogens with two attached hydrogens (primary N) is 1. The molecule has 0 amide bonds. The van der Waals surface area contributed by atoms with E-state index in [9.17, 15) is 0 Å². The summed E-state index contributed by atoms with van der Waals surface area (Å²) < 4.78 is 0. The third-order valence-electron chi connectivity index (χ3n) is 3.46. The zero-order valence-corrected chi connectivity index (χ0v) is 10.7. The second-order valence-electron chi connectivity index (χ2n) is 5.26. The minimum absolute atomic E-state index is 0.218. The lowest BCUT2D eigenvalue weighted by atomic mass is 10.0. The highest BCUT2D eigenvalue weighted by atomic mass is 15.2. The van der Waals surface area contributed by atoms with E-state index in [0.717, 1.165) is 6.42 Å². The molecule has 2 heteroatoms. The fourth-order valence-corrected chi connectivity index (χ4v) is 2.73. The lowest BCUT2D eigenvalue weighted by molar-refractivity contribution is 0.500. The zero-order valence-electron chi connectivity index (χ0n) is 10.7. The molecule has 1 aromatic rings. The fraction of sp³-hybridized carbons (Fsp3) is 0.571. The van der Waals surface area contributed by atoms with Gasteiger partial charge >= 0.3 is 0 Å². The Morgan fingerprint density at radius 3 is 2.56 bits per heavy atom. The Labute approximate surface area is 98.4 Å². The van der Waals surface area contributed by atoms with Crippen LogP contribution < -0.4 is 10.6 Å². The largest absolute Gasteiger partial charge is 0.364 e. The van der Waals surface area contributed by atoms with Crippen molar-refractivity contribution in [3.05, 3.63) is 29.3 Å². The summed E-state index contributed by atoms with van der Waals surface area (Å²) in [6.07, 6.45) is 1.09. The first-order valence-electron chi connectivity index (χ1n) is 6.14. The number of fused-ring (bicyclic) bond motifs is 1. The van der Waals surface area contributed by atoms with Gasteiger partial charge in [-0.1, -0.05) is 17.7 Å². The summed E-state index contributed by atoms with van der Waals surface area (Å²) in [5, 5.41) is 0. The van der Waals surface area contributed by atoms with Crippen LogP contribution in [0.4, 0.5) is 5.69 Å². The number of nitrogens with zero attached hydrogens (tertiary/aromatic N) is 1. The smallest absolute Gasteiger partial charge is 0.0482 e. The third kappa shape index (κ3) is 1.82. The number of benzene rings is 1. The van der Waals surface area contributed by atoms with Crippen molar-refractivity contribution >= 4 is 5.69 Å². The number of aryl methyl sites for hydroxylation is 1. The molecular weight excluding hydrogens is 196 g/mol. The Morgan fingerprint density at radius 2 is 2.00 bits per heavy atom. The van der Waals surface area contributed by atoms with E-state index in [-0.39, 0.29) is 6.04 Å². The molecule has 0 aromatic heterocycles. The van der Waals surface area contributed by atoms with Crippen LogP contribution in [0.1, 0.15) is 31.9 Å². The molecular formula is C14H22N2. The first kappa shape index (κ1) is 11.5. The first-order chi connectivity index (χ1) is 7.50. The van der Waals surface area contributed by atoms with Crippen molar-refractivity contribution in [2.24, 2.45) is 5.73 Å². The summed E-state index contributed by atoms with van der Waals surface area (Å²) in [6, 6.07) is 7.92. The predicted molar refractivity (Wildman–Crippen MR) is 69.9 cm³/mol. The summed E-state index contributed by atoms with van der Waals surface area (Å²) in [6.45, 7) is 8.74. The van der Waals surface area contributed by atoms with Gasteiger partial charge in [0.05, 0.1) is 0 Å². The van der Waals surface area contributed by atoms with E-state index in [2.05, 4.69) is 50.8 Å². The highest BCUT2D eigenvalue weighted by Crippen LogP contribution is 2.35. The van der Waals surface area contributed by atoms with Crippen molar-refractivity contribution in [2.45, 2.75) is 52.2 Å². The summed E-state index contributed by atoms with van der Waals surface area (Å²) in [7, 11) is 0. The van der Waals surface area contributed by atoms with Gasteiger partial charge in [-0.15, -0.1) is 0 Å². The normalized spacial score (nSPS) is 21.4. The zero-order chi connectivity index (χ0) is 11.9. The molecule has 0 fully saturated rings. The van der Waals surface area contributed by atoms with Crippen LogP contribution in [0, 0.1) is 6.92 Å². The fourth-order valence-electron chi connectivity index (χ4n) is 2.73. The van der Waals surface area contributed by atoms with Gasteiger partial charge in [0, 0.05) is 23.8 Å². The van der Waals surface area contributed by atoms with Gasteiger partial charge in [0.1, 0.15) is 0 Å². The quantitative estimate of drug-likeness (QED) is 0.826. The number of hydrogen-bond acceptors (Lipinski definition) is 2. The van der Waals surface area contributed by atoms with Gasteiger partial charge in [0.15, 0.2) is 0 Å². The van der Waals surface area contributed by atoms with Gasteiger partial charge in [0.25, 0.3) is 0 Å². The molecule has 2 N–H and O–H groups in total. The number of anilines is 1. The van der Waals surface area contributed by atoms with Crippen LogP contribution in [0.15, 0.2) is 18.2 Å². The molecule has 1 heterocycles. The molecule has 1 aromatic carbocycles. The van der Waals surface area contributed by atoms with Gasteiger partial charge in [-0.2, -0.15) is 0 Å². The van der Waals surface area contributed by atoms with Crippen molar-refractivity contribution < 1.29 is 0 Å². The van der Waals surface area contributed by atoms with Crippen LogP contribution in [0.25, 0.3) is 0 Å². The van der Waals surface area contributed by atoms with Crippen LogP contribution in [0.3, 0.4) is 0 Å². The van der Waals surface area contributed by atoms with Crippen LogP contribution in [0.2, 0.25) is 0 Å². The minimum Gasteiger partial charge on any atom is -0.364 e. The van der Waals surface area contributed by atoms with E-state index in [0.29, 0.717) is 12.1 Å². The number of hydrogen-bond donors (Lipinski definition) is 1. The van der Waals surface area contributed by atoms with Gasteiger partial charge < -0.3 is 10.6 Å². The Hall–Kier alpha value is -1.02. The molecule has 1 aliphatic heterocycles. The van der Waals surface area contributed by atoms with E-state index in [4.69, 9.17) is 5.73 Å². The average molecular weight is 218 g/mol. The average Bonchev–Trinajstić information content (AvgIpc) is 2.55. The Bertz CT molecular complexity index is 382. The first-order valence-corrected chi connectivity index (χ1v) is 6.14. The molecule has 16 heavy (non-hydrogen) atoms. The third-order valence-corrected chi connectivity index (χ3v) is 3.46. The standard InChI is InChI=1S/C14H22N2/c1-9(2)16-13-6-5-10(3)7-12(13)8-14(16)11(4)15/h5-7,9,11,14H,8,15H2,1-4H3. The van der Waals surface area contributed by atoms with E-state index < -0.39 is 0 Å². The lowest BCUT2D eigenvalue weighted by Crippen LogP contribution is -2.47. The van der Waals surface area contributed by atoms with E-state index >= 15 is 0 Å². The topological polar surface area (TPSA) is 29.3 Å². The monoisotopic (exact) mass is 218 g/mol. The predicted octanol–water partition coefficient (Wildman–Crippen LogP) is 2.48. The second-order valence-corrected chi connectivity index (χ2v) is 5.26. The Morgan fingerprint density at radius 1 is 1.31 bits per heavy atom. The molecule has 0 radical (unpaired) electrons. The highest BCUT2D eigenvalue weighted by molar-refractivity contribution is 5.61. The summed E-state index contributed by atoms with van der Waals surface area (Å²) in [5.74, 6) is 0. The van der Waals surface area contributed by atoms with E-state index in [1.54, 1.807) is 0 Å². The molecule has 0 aliphatic carbocycles. The van der Waals surface area contributed by atoms with Gasteiger partial charge in [-0.05, 0) is 45.7 Å². The maximum absolute atomic E-state index is 6.10. The van der Waals surface area contributed by atoms with Gasteiger partial charge in [-0.3, -0.25) is 0 Å². The van der Waals surface area contributed by atoms with Gasteiger partial charge in [0.2, 0.25) is 0 Å². The van der Waals surface area contributed by atoms with Crippen LogP contribution in [0.5, 0.6) is 0 Å². The lowest BCUT2D eigenvalue weighted by Gasteiger charge is -2.33. The van der Waals surface area contributed by atoms with Gasteiger partial charge in [-0.25, -0.2) is 0 Å². The molecule has 1 aliphatic rings. The maximum atomic E-state index is 6.10. The Kier molecular flexibility index (Phi) is 2.94. The molecule has 2 atom stereocenters. The van der Waals surface area contributed by atoms with Crippen molar-refractivity contribution in [1.29, 1.82) is 0 Å². The molecule has 88 valence electrons. The van der Waals surface area contributed by atoms with Crippen molar-refractivity contribution in [3.8, 4) is 0 Å². The highest BCUT2D eigenvalue weighted by Gasteiger charge is 2.32. The van der Waals surface area contributed by atoms with Crippen LogP contribution in [-0.4, -0.2) is 18.1 Å². The van der Waals surface area contributed by atoms with Crippen molar-refractivity contribution in [1.82, 2.24) is 0 Å². The second kappa shape index (κ2) is 4.10. The van der Waals surface area contributed by atoms with Crippen molar-refractivity contribution in [2.75, 3.05) is 4.90 Å². The summed E-state index contributed by atoms with van der Waals surface area (Å²) in [5.41, 5.74) is 10.3. The molecule has 0 bridgehead atoms. The Balaban J connectivity index is 2.41. The molecule has 2 nitrogen and oxygen atoms in total. The van der Waals surface area contributed by atoms with Crippen LogP contribution in [-0.2, 0) is 6.42 Å². The van der Waals surface area contributed by atoms with Crippen molar-refractivity contribution in [3.63, 3.8) is 0 Å². The van der Waals surface area contributed by atoms with E-state index in [1.807, 2.05) is 0 Å². The summed E-state index contributed by atoms with van der Waals surface area (Å²) >= 11 is 0. The SMILES string of the molecule is Cc1ccc2c(c1)CC(C(C)N)N2C(C)C. The summed E-state index contributed by atoms with van der Waals surface area (Å²) in [4.78, 5) is 2.47. The molecule has 0 saturated heterocycles. The van der Waals surface area contributed by atoms with E-state index in [1.165, 1.54) is 16.8 Å². The number of rotatable bonds is 2. The molecule has 2 unspecified atom stereocenters. The minimum atomic E-state index is 0.218. The maximum Gasteiger partial charge on any atom is 0.0482 e. The van der Waals surface area contributed by atoms with Crippen LogP contribution >= 0.6 is 0 Å². The molecule has 0 saturated carbocycles. The molecule has 0 spiro atoms. The molecule has 2 rings (SSSR count).